The van der Waals surface area contributed by atoms with Crippen LogP contribution in [-0.2, 0) is 17.1 Å². The number of anilines is 2. The molecule has 3 aromatic rings. The highest BCUT2D eigenvalue weighted by molar-refractivity contribution is 6.05. The van der Waals surface area contributed by atoms with Crippen molar-refractivity contribution in [1.82, 2.24) is 0 Å². The Hall–Kier alpha value is -4.22. The summed E-state index contributed by atoms with van der Waals surface area (Å²) in [7, 11) is 0. The fourth-order valence-electron chi connectivity index (χ4n) is 4.08. The van der Waals surface area contributed by atoms with Gasteiger partial charge in [-0.15, -0.1) is 0 Å². The van der Waals surface area contributed by atoms with E-state index in [9.17, 15) is 35.9 Å². The minimum absolute atomic E-state index is 0.0531. The van der Waals surface area contributed by atoms with Crippen LogP contribution in [0.2, 0.25) is 0 Å². The highest BCUT2D eigenvalue weighted by Crippen LogP contribution is 2.37. The van der Waals surface area contributed by atoms with Gasteiger partial charge in [-0.25, -0.2) is 0 Å². The van der Waals surface area contributed by atoms with E-state index < -0.39 is 35.0 Å². The predicted molar refractivity (Wildman–Crippen MR) is 135 cm³/mol. The van der Waals surface area contributed by atoms with Crippen LogP contribution < -0.4 is 19.7 Å². The zero-order valence-electron chi connectivity index (χ0n) is 21.2. The van der Waals surface area contributed by atoms with E-state index in [1.165, 1.54) is 23.1 Å². The fourth-order valence-corrected chi connectivity index (χ4v) is 4.08. The molecule has 0 saturated carbocycles. The maximum atomic E-state index is 13.2. The first kappa shape index (κ1) is 28.8. The van der Waals surface area contributed by atoms with Crippen molar-refractivity contribution in [2.75, 3.05) is 30.0 Å². The van der Waals surface area contributed by atoms with Crippen LogP contribution in [0.1, 0.15) is 39.9 Å². The monoisotopic (exact) mass is 566 g/mol. The highest BCUT2D eigenvalue weighted by Gasteiger charge is 2.37. The Bertz CT molecular complexity index is 1370. The summed E-state index contributed by atoms with van der Waals surface area (Å²) in [4.78, 5) is 26.7. The van der Waals surface area contributed by atoms with Gasteiger partial charge >= 0.3 is 12.4 Å². The third kappa shape index (κ3) is 7.04. The molecule has 0 aliphatic carbocycles. The van der Waals surface area contributed by atoms with Crippen molar-refractivity contribution in [3.8, 4) is 11.5 Å². The summed E-state index contributed by atoms with van der Waals surface area (Å²) in [6.45, 7) is 2.46. The van der Waals surface area contributed by atoms with Gasteiger partial charge in [0.05, 0.1) is 23.4 Å². The normalized spacial score (nSPS) is 13.5. The van der Waals surface area contributed by atoms with Crippen LogP contribution in [-0.4, -0.2) is 31.6 Å². The van der Waals surface area contributed by atoms with E-state index in [0.29, 0.717) is 49.6 Å². The van der Waals surface area contributed by atoms with Gasteiger partial charge in [0.15, 0.2) is 6.61 Å². The second kappa shape index (κ2) is 11.5. The van der Waals surface area contributed by atoms with Gasteiger partial charge < -0.3 is 19.7 Å². The van der Waals surface area contributed by atoms with E-state index >= 15 is 0 Å². The number of hydrogen-bond acceptors (Lipinski definition) is 4. The van der Waals surface area contributed by atoms with Crippen molar-refractivity contribution in [1.29, 1.82) is 0 Å². The smallest absolute Gasteiger partial charge is 0.416 e. The molecule has 4 rings (SSSR count). The lowest BCUT2D eigenvalue weighted by Crippen LogP contribution is -2.39. The third-order valence-electron chi connectivity index (χ3n) is 6.04. The highest BCUT2D eigenvalue weighted by atomic mass is 19.4. The topological polar surface area (TPSA) is 67.9 Å². The van der Waals surface area contributed by atoms with Crippen LogP contribution in [0.3, 0.4) is 0 Å². The molecule has 6 nitrogen and oxygen atoms in total. The first-order valence-corrected chi connectivity index (χ1v) is 12.2. The molecule has 0 saturated heterocycles. The van der Waals surface area contributed by atoms with Gasteiger partial charge in [-0.1, -0.05) is 12.1 Å². The van der Waals surface area contributed by atoms with Crippen LogP contribution in [0.25, 0.3) is 0 Å². The molecule has 0 radical (unpaired) electrons. The van der Waals surface area contributed by atoms with Crippen LogP contribution >= 0.6 is 0 Å². The summed E-state index contributed by atoms with van der Waals surface area (Å²) in [5.74, 6) is -0.453. The lowest BCUT2D eigenvalue weighted by Gasteiger charge is -2.30. The number of nitrogens with one attached hydrogen (secondary N) is 1. The number of alkyl halides is 6. The standard InChI is InChI=1S/C28H24F6N2O4/c1-17-5-4-6-22(11-17)39-10-3-2-9-36-23-15-21(7-8-24(23)40-16-25(36)37)35-26(38)18-12-19(27(29,30)31)14-20(13-18)28(32,33)34/h4-8,11-15H,2-3,9-10,16H2,1H3,(H,35,38). The maximum Gasteiger partial charge on any atom is 0.416 e. The van der Waals surface area contributed by atoms with Crippen molar-refractivity contribution >= 4 is 23.2 Å². The van der Waals surface area contributed by atoms with Crippen molar-refractivity contribution in [2.45, 2.75) is 32.1 Å². The Morgan fingerprint density at radius 2 is 1.65 bits per heavy atom. The summed E-state index contributed by atoms with van der Waals surface area (Å²) >= 11 is 0. The van der Waals surface area contributed by atoms with E-state index in [1.54, 1.807) is 0 Å². The number of carbonyl (C=O) groups excluding carboxylic acids is 2. The molecule has 0 bridgehead atoms. The lowest BCUT2D eigenvalue weighted by atomic mass is 10.0. The van der Waals surface area contributed by atoms with Gasteiger partial charge in [0.1, 0.15) is 11.5 Å². The zero-order chi connectivity index (χ0) is 29.1. The van der Waals surface area contributed by atoms with Gasteiger partial charge in [0, 0.05) is 17.8 Å². The molecule has 0 aromatic heterocycles. The molecule has 0 atom stereocenters. The number of unbranched alkanes of at least 4 members (excludes halogenated alkanes) is 1. The molecule has 1 heterocycles. The second-order valence-corrected chi connectivity index (χ2v) is 9.14. The molecule has 1 aliphatic heterocycles. The van der Waals surface area contributed by atoms with E-state index in [4.69, 9.17) is 9.47 Å². The van der Waals surface area contributed by atoms with Crippen LogP contribution in [0.15, 0.2) is 60.7 Å². The number of nitrogens with zero attached hydrogens (tertiary/aromatic N) is 1. The summed E-state index contributed by atoms with van der Waals surface area (Å²) in [5, 5.41) is 2.31. The average Bonchev–Trinajstić information content (AvgIpc) is 2.88. The molecule has 40 heavy (non-hydrogen) atoms. The number of fused-ring (bicyclic) bond motifs is 1. The van der Waals surface area contributed by atoms with Gasteiger partial charge in [0.25, 0.3) is 11.8 Å². The molecule has 1 N–H and O–H groups in total. The summed E-state index contributed by atoms with van der Waals surface area (Å²) in [6, 6.07) is 12.4. The number of hydrogen-bond donors (Lipinski definition) is 1. The Balaban J connectivity index is 1.46. The van der Waals surface area contributed by atoms with E-state index in [2.05, 4.69) is 5.32 Å². The van der Waals surface area contributed by atoms with Gasteiger partial charge in [-0.05, 0) is 73.9 Å². The molecule has 3 aromatic carbocycles. The molecular formula is C28H24F6N2O4. The van der Waals surface area contributed by atoms with E-state index in [-0.39, 0.29) is 24.3 Å². The fraction of sp³-hybridized carbons (Fsp3) is 0.286. The largest absolute Gasteiger partial charge is 0.494 e. The van der Waals surface area contributed by atoms with E-state index in [0.717, 1.165) is 11.3 Å². The second-order valence-electron chi connectivity index (χ2n) is 9.14. The van der Waals surface area contributed by atoms with Crippen LogP contribution in [0, 0.1) is 6.92 Å². The number of amides is 2. The quantitative estimate of drug-likeness (QED) is 0.239. The number of benzene rings is 3. The molecule has 12 heteroatoms. The summed E-state index contributed by atoms with van der Waals surface area (Å²) in [6.07, 6.45) is -8.99. The molecule has 212 valence electrons. The first-order chi connectivity index (χ1) is 18.8. The Labute approximate surface area is 225 Å². The summed E-state index contributed by atoms with van der Waals surface area (Å²) < 4.78 is 90.3. The number of halogens is 6. The lowest BCUT2D eigenvalue weighted by molar-refractivity contribution is -0.143. The number of ether oxygens (including phenoxy) is 2. The summed E-state index contributed by atoms with van der Waals surface area (Å²) in [5.41, 5.74) is -2.60. The van der Waals surface area contributed by atoms with Crippen molar-refractivity contribution in [3.63, 3.8) is 0 Å². The van der Waals surface area contributed by atoms with Crippen LogP contribution in [0.5, 0.6) is 11.5 Å². The van der Waals surface area contributed by atoms with Crippen molar-refractivity contribution in [3.05, 3.63) is 82.9 Å². The molecule has 0 fully saturated rings. The predicted octanol–water partition coefficient (Wildman–Crippen LogP) is 6.87. The number of carbonyl (C=O) groups is 2. The van der Waals surface area contributed by atoms with Gasteiger partial charge in [0.2, 0.25) is 0 Å². The SMILES string of the molecule is Cc1cccc(OCCCCN2C(=O)COc3ccc(NC(=O)c4cc(C(F)(F)F)cc(C(F)(F)F)c4)cc32)c1. The average molecular weight is 566 g/mol. The Morgan fingerprint density at radius 3 is 2.30 bits per heavy atom. The van der Waals surface area contributed by atoms with Crippen molar-refractivity contribution < 1.29 is 45.4 Å². The van der Waals surface area contributed by atoms with Crippen molar-refractivity contribution in [2.24, 2.45) is 0 Å². The molecule has 1 aliphatic rings. The Kier molecular flexibility index (Phi) is 8.26. The molecule has 2 amide bonds. The minimum atomic E-state index is -5.09. The maximum absolute atomic E-state index is 13.2. The van der Waals surface area contributed by atoms with Gasteiger partial charge in [-0.2, -0.15) is 26.3 Å². The molecule has 0 spiro atoms. The Morgan fingerprint density at radius 1 is 0.950 bits per heavy atom. The molecule has 0 unspecified atom stereocenters. The third-order valence-corrected chi connectivity index (χ3v) is 6.04. The van der Waals surface area contributed by atoms with Crippen LogP contribution in [0.4, 0.5) is 37.7 Å². The van der Waals surface area contributed by atoms with Gasteiger partial charge in [-0.3, -0.25) is 9.59 Å². The first-order valence-electron chi connectivity index (χ1n) is 12.2. The zero-order valence-corrected chi connectivity index (χ0v) is 21.2. The van der Waals surface area contributed by atoms with E-state index in [1.807, 2.05) is 31.2 Å². The number of aryl methyl sites for hydroxylation is 1. The minimum Gasteiger partial charge on any atom is -0.494 e. The number of rotatable bonds is 8. The molecular weight excluding hydrogens is 542 g/mol.